The van der Waals surface area contributed by atoms with Crippen molar-refractivity contribution in [1.82, 2.24) is 10.1 Å². The fourth-order valence-electron chi connectivity index (χ4n) is 3.59. The molecule has 4 rings (SSSR count). The third-order valence-corrected chi connectivity index (χ3v) is 17.8. The summed E-state index contributed by atoms with van der Waals surface area (Å²) in [6, 6.07) is 14.6. The molecule has 0 radical (unpaired) electrons. The van der Waals surface area contributed by atoms with Crippen molar-refractivity contribution in [1.29, 1.82) is 0 Å². The number of benzene rings is 2. The van der Waals surface area contributed by atoms with Crippen LogP contribution in [0.1, 0.15) is 47.8 Å². The minimum absolute atomic E-state index is 0.102. The van der Waals surface area contributed by atoms with Crippen LogP contribution in [0.3, 0.4) is 0 Å². The van der Waals surface area contributed by atoms with Crippen LogP contribution in [-0.4, -0.2) is 98.1 Å². The monoisotopic (exact) mass is 895 g/mol. The number of rotatable bonds is 5. The van der Waals surface area contributed by atoms with Gasteiger partial charge in [-0.1, -0.05) is 0 Å². The van der Waals surface area contributed by atoms with E-state index in [1.165, 1.54) is 13.6 Å². The fraction of sp³-hybridized carbons (Fsp3) is 0.355. The summed E-state index contributed by atoms with van der Waals surface area (Å²) >= 11 is 5.18. The Labute approximate surface area is 289 Å². The summed E-state index contributed by atoms with van der Waals surface area (Å²) in [6.45, 7) is 0. The Morgan fingerprint density at radius 3 is 1.48 bits per heavy atom. The van der Waals surface area contributed by atoms with Crippen molar-refractivity contribution in [2.45, 2.75) is 55.3 Å². The summed E-state index contributed by atoms with van der Waals surface area (Å²) in [5, 5.41) is 18.1. The number of halogens is 2. The van der Waals surface area contributed by atoms with Gasteiger partial charge in [0, 0.05) is 12.8 Å². The predicted octanol–water partition coefficient (Wildman–Crippen LogP) is 4.58. The van der Waals surface area contributed by atoms with Crippen molar-refractivity contribution in [3.05, 3.63) is 59.7 Å². The first kappa shape index (κ1) is 41.4. The van der Waals surface area contributed by atoms with Gasteiger partial charge in [0.2, 0.25) is 0 Å². The molecule has 2 fully saturated rings. The number of amides is 4. The molecular weight excluding hydrogens is 853 g/mol. The summed E-state index contributed by atoms with van der Waals surface area (Å²) in [5.74, 6) is -3.43. The Morgan fingerprint density at radius 1 is 0.804 bits per heavy atom. The van der Waals surface area contributed by atoms with Gasteiger partial charge >= 0.3 is 204 Å². The zero-order valence-electron chi connectivity index (χ0n) is 27.6. The summed E-state index contributed by atoms with van der Waals surface area (Å²) in [4.78, 5) is 84.5. The first-order chi connectivity index (χ1) is 21.7. The molecule has 46 heavy (non-hydrogen) atoms. The molecule has 4 amide bonds. The fourth-order valence-corrected chi connectivity index (χ4v) is 10.4. The predicted molar refractivity (Wildman–Crippen MR) is 182 cm³/mol. The van der Waals surface area contributed by atoms with Gasteiger partial charge in [-0.25, -0.2) is 0 Å². The van der Waals surface area contributed by atoms with Gasteiger partial charge < -0.3 is 0 Å². The third-order valence-electron chi connectivity index (χ3n) is 6.15. The van der Waals surface area contributed by atoms with Crippen LogP contribution in [-0.2, 0) is 24.0 Å². The van der Waals surface area contributed by atoms with E-state index in [0.29, 0.717) is 16.2 Å². The molecule has 0 spiro atoms. The van der Waals surface area contributed by atoms with Crippen molar-refractivity contribution in [3.63, 3.8) is 0 Å². The zero-order valence-corrected chi connectivity index (χ0v) is 33.9. The summed E-state index contributed by atoms with van der Waals surface area (Å²) < 4.78 is 8.18. The molecule has 2 aliphatic heterocycles. The quantitative estimate of drug-likeness (QED) is 0.144. The summed E-state index contributed by atoms with van der Waals surface area (Å²) in [6.07, 6.45) is 6.26. The van der Waals surface area contributed by atoms with Crippen molar-refractivity contribution >= 4 is 103 Å². The molecule has 15 heteroatoms. The van der Waals surface area contributed by atoms with Gasteiger partial charge in [-0.05, 0) is 0 Å². The number of nitrogens with zero attached hydrogens (tertiary/aromatic N) is 2. The van der Waals surface area contributed by atoms with Crippen LogP contribution in [0.5, 0.6) is 0 Å². The SMILES string of the molecule is ClCCl.O=C1CCC(=O)N1O.[2H]C#C.[CH3][Sn]([CH3])([CH3])[c]1cccc(C(=O)O)c1.[CH3][Sn]([CH3])([CH3])[c]1cccc(C(=O)ON2C(=O)CCC2=O)c1. The number of hydrogen-bond donors (Lipinski definition) is 2. The van der Waals surface area contributed by atoms with E-state index in [0.717, 1.165) is 0 Å². The average Bonchev–Trinajstić information content (AvgIpc) is 3.47. The number of aromatic carboxylic acids is 1. The van der Waals surface area contributed by atoms with Crippen LogP contribution in [0.25, 0.3) is 0 Å². The van der Waals surface area contributed by atoms with E-state index in [1.54, 1.807) is 12.1 Å². The van der Waals surface area contributed by atoms with Crippen molar-refractivity contribution in [3.8, 4) is 12.8 Å². The Bertz CT molecular complexity index is 1440. The maximum atomic E-state index is 12.0. The molecule has 0 atom stereocenters. The molecule has 2 N–H and O–H groups in total. The van der Waals surface area contributed by atoms with Gasteiger partial charge in [-0.15, -0.1) is 36.0 Å². The van der Waals surface area contributed by atoms with E-state index < -0.39 is 72.3 Å². The van der Waals surface area contributed by atoms with Gasteiger partial charge in [0.1, 0.15) is 1.37 Å². The number of hydrogen-bond acceptors (Lipinski definition) is 8. The van der Waals surface area contributed by atoms with E-state index >= 15 is 0 Å². The third kappa shape index (κ3) is 14.8. The van der Waals surface area contributed by atoms with Gasteiger partial charge in [-0.2, -0.15) is 5.06 Å². The number of hydroxylamine groups is 4. The van der Waals surface area contributed by atoms with E-state index in [-0.39, 0.29) is 36.1 Å². The average molecular weight is 894 g/mol. The number of carbonyl (C=O) groups excluding carboxylic acids is 5. The molecule has 0 bridgehead atoms. The van der Waals surface area contributed by atoms with Gasteiger partial charge in [-0.3, -0.25) is 14.8 Å². The number of alkyl halides is 2. The van der Waals surface area contributed by atoms with Crippen LogP contribution in [0.2, 0.25) is 29.6 Å². The van der Waals surface area contributed by atoms with Gasteiger partial charge in [0.15, 0.2) is 0 Å². The van der Waals surface area contributed by atoms with Crippen molar-refractivity contribution in [2.24, 2.45) is 0 Å². The Morgan fingerprint density at radius 2 is 1.15 bits per heavy atom. The van der Waals surface area contributed by atoms with Crippen molar-refractivity contribution in [2.75, 3.05) is 5.34 Å². The van der Waals surface area contributed by atoms with Crippen molar-refractivity contribution < 1.29 is 45.3 Å². The standard InChI is InChI=1S/C11H8NO4.C7H5O2.C4H5NO3.C2H2.CH2Cl2.6CH3.2Sn/c13-9-6-7-10(14)12(9)16-11(15)8-4-2-1-3-5-8;8-7(9)6-4-2-1-3-5-6;6-3-1-2-4(7)5(3)8;1-2;2-1-3;;;;;;;;/h1-2,4-5H,6-7H2;1-2,4-5H,(H,8,9);8H,1-2H2;1-2H;1H2;6*1H3;;/i;;;1D;;;;;;;;;. The molecule has 2 heterocycles. The molecule has 0 aliphatic carbocycles. The molecule has 11 nitrogen and oxygen atoms in total. The maximum absolute atomic E-state index is 12.0. The molecule has 250 valence electrons. The molecule has 2 aromatic carbocycles. The second-order valence-electron chi connectivity index (χ2n) is 11.6. The van der Waals surface area contributed by atoms with Crippen LogP contribution in [0.4, 0.5) is 0 Å². The number of carboxylic acids is 1. The normalized spacial score (nSPS) is 14.1. The number of carboxylic acid groups (broad SMARTS) is 1. The van der Waals surface area contributed by atoms with Gasteiger partial charge in [0.05, 0.1) is 5.34 Å². The van der Waals surface area contributed by atoms with Gasteiger partial charge in [0.25, 0.3) is 11.8 Å². The van der Waals surface area contributed by atoms with E-state index in [4.69, 9.17) is 39.7 Å². The Hall–Kier alpha value is -2.64. The Kier molecular flexibility index (Phi) is 18.5. The second kappa shape index (κ2) is 20.6. The second-order valence-corrected chi connectivity index (χ2v) is 41.4. The Balaban J connectivity index is 0.000000670. The van der Waals surface area contributed by atoms with Crippen LogP contribution in [0, 0.1) is 12.8 Å². The molecule has 0 unspecified atom stereocenters. The van der Waals surface area contributed by atoms with Crippen LogP contribution in [0.15, 0.2) is 48.5 Å². The van der Waals surface area contributed by atoms with E-state index in [1.807, 2.05) is 36.4 Å². The molecular formula is C31H40Cl2N2O9Sn2. The number of terminal acetylenes is 1. The first-order valence-electron chi connectivity index (χ1n) is 14.3. The zero-order chi connectivity index (χ0) is 36.5. The molecule has 2 saturated heterocycles. The van der Waals surface area contributed by atoms with Crippen LogP contribution < -0.4 is 7.16 Å². The minimum atomic E-state index is -2.27. The number of carbonyl (C=O) groups is 6. The van der Waals surface area contributed by atoms with Crippen LogP contribution >= 0.6 is 23.2 Å². The number of imide groups is 2. The molecule has 0 aromatic heterocycles. The molecule has 2 aliphatic rings. The molecule has 2 aromatic rings. The summed E-state index contributed by atoms with van der Waals surface area (Å²) in [7, 11) is 0. The first-order valence-corrected chi connectivity index (χ1v) is 34.9. The van der Waals surface area contributed by atoms with E-state index in [9.17, 15) is 28.8 Å². The topological polar surface area (TPSA) is 159 Å². The van der Waals surface area contributed by atoms with E-state index in [2.05, 4.69) is 36.1 Å². The summed E-state index contributed by atoms with van der Waals surface area (Å²) in [5.41, 5.74) is 0.783. The molecule has 0 saturated carbocycles.